The quantitative estimate of drug-likeness (QED) is 0.0319. The third-order valence-electron chi connectivity index (χ3n) is 10.3. The molecule has 18 nitrogen and oxygen atoms in total. The van der Waals surface area contributed by atoms with Crippen LogP contribution in [0.25, 0.3) is 0 Å². The summed E-state index contributed by atoms with van der Waals surface area (Å²) in [5.74, 6) is -7.18. The average molecular weight is 767 g/mol. The maximum absolute atomic E-state index is 14.4. The number of aliphatic carboxylic acids is 1. The molecular formula is C36H58N6O12. The van der Waals surface area contributed by atoms with Crippen molar-refractivity contribution in [1.82, 2.24) is 26.2 Å². The number of carboxylic acids is 1. The van der Waals surface area contributed by atoms with Crippen molar-refractivity contribution in [2.75, 3.05) is 40.2 Å². The first-order valence-corrected chi connectivity index (χ1v) is 19.0. The normalized spacial score (nSPS) is 20.9. The smallest absolute Gasteiger partial charge is 0.319 e. The van der Waals surface area contributed by atoms with Crippen LogP contribution in [0.3, 0.4) is 0 Å². The Morgan fingerprint density at radius 1 is 0.907 bits per heavy atom. The number of carboxylic acid groups (broad SMARTS) is 1. The summed E-state index contributed by atoms with van der Waals surface area (Å²) in [6.07, 6.45) is 5.66. The number of carbonyl (C=O) groups is 8. The molecule has 6 amide bonds. The van der Waals surface area contributed by atoms with Crippen molar-refractivity contribution in [3.8, 4) is 0 Å². The number of methoxy groups -OCH3 is 1. The molecule has 2 aliphatic carbocycles. The Bertz CT molecular complexity index is 1350. The monoisotopic (exact) mass is 766 g/mol. The fourth-order valence-corrected chi connectivity index (χ4v) is 6.90. The van der Waals surface area contributed by atoms with Gasteiger partial charge in [-0.3, -0.25) is 38.4 Å². The number of carbonyl (C=O) groups excluding carboxylic acids is 7. The molecule has 1 saturated heterocycles. The van der Waals surface area contributed by atoms with E-state index in [1.807, 2.05) is 6.92 Å². The zero-order chi connectivity index (χ0) is 39.8. The third kappa shape index (κ3) is 12.4. The van der Waals surface area contributed by atoms with Crippen LogP contribution < -0.4 is 27.0 Å². The third-order valence-corrected chi connectivity index (χ3v) is 10.3. The Balaban J connectivity index is 1.77. The molecule has 3 rings (SSSR count). The molecule has 0 aromatic heterocycles. The lowest BCUT2D eigenvalue weighted by Gasteiger charge is -2.35. The van der Waals surface area contributed by atoms with Crippen LogP contribution in [0.2, 0.25) is 0 Å². The van der Waals surface area contributed by atoms with E-state index in [4.69, 9.17) is 19.9 Å². The van der Waals surface area contributed by atoms with E-state index >= 15 is 0 Å². The Kier molecular flexibility index (Phi) is 17.7. The van der Waals surface area contributed by atoms with Gasteiger partial charge in [-0.05, 0) is 44.4 Å². The lowest BCUT2D eigenvalue weighted by molar-refractivity contribution is -0.151. The highest BCUT2D eigenvalue weighted by atomic mass is 16.7. The summed E-state index contributed by atoms with van der Waals surface area (Å²) in [5.41, 5.74) is 3.78. The van der Waals surface area contributed by atoms with Gasteiger partial charge in [-0.25, -0.2) is 0 Å². The largest absolute Gasteiger partial charge is 0.480 e. The molecule has 0 aromatic carbocycles. The maximum Gasteiger partial charge on any atom is 0.319 e. The topological polar surface area (TPSA) is 262 Å². The summed E-state index contributed by atoms with van der Waals surface area (Å²) in [6, 6.07) is -4.50. The van der Waals surface area contributed by atoms with Crippen molar-refractivity contribution in [1.29, 1.82) is 0 Å². The number of hydrogen-bond acceptors (Lipinski definition) is 11. The van der Waals surface area contributed by atoms with Crippen molar-refractivity contribution in [3.63, 3.8) is 0 Å². The molecule has 0 spiro atoms. The van der Waals surface area contributed by atoms with Gasteiger partial charge in [0, 0.05) is 20.1 Å². The lowest BCUT2D eigenvalue weighted by Crippen LogP contribution is -2.59. The molecule has 1 heterocycles. The number of likely N-dealkylation sites (tertiary alicyclic amines) is 1. The summed E-state index contributed by atoms with van der Waals surface area (Å²) < 4.78 is 16.3. The van der Waals surface area contributed by atoms with Gasteiger partial charge in [0.15, 0.2) is 0 Å². The van der Waals surface area contributed by atoms with Gasteiger partial charge >= 0.3 is 5.97 Å². The molecule has 3 fully saturated rings. The van der Waals surface area contributed by atoms with Crippen LogP contribution in [0.15, 0.2) is 0 Å². The Morgan fingerprint density at radius 2 is 1.61 bits per heavy atom. The van der Waals surface area contributed by atoms with Crippen LogP contribution in [-0.4, -0.2) is 128 Å². The Labute approximate surface area is 315 Å². The number of primary amides is 1. The van der Waals surface area contributed by atoms with Crippen LogP contribution >= 0.6 is 0 Å². The lowest BCUT2D eigenvalue weighted by atomic mass is 9.83. The molecule has 304 valence electrons. The molecule has 0 radical (unpaired) electrons. The SMILES string of the molecule is CCCCC(NC(=O)CNC(=O)C(=O)C(CCC)NC(=O)[C@@H]1C[C@@H](OCOCCOC)CN1C(=O)C(NC(=O)C1(C(=O)O)CC1)C1CCCCC1)C(N)=O. The van der Waals surface area contributed by atoms with Gasteiger partial charge in [-0.2, -0.15) is 0 Å². The fourth-order valence-electron chi connectivity index (χ4n) is 6.90. The second-order valence-electron chi connectivity index (χ2n) is 14.3. The van der Waals surface area contributed by atoms with E-state index in [1.54, 1.807) is 6.92 Å². The van der Waals surface area contributed by atoms with Crippen LogP contribution in [0.1, 0.15) is 97.3 Å². The van der Waals surface area contributed by atoms with Gasteiger partial charge < -0.3 is 51.2 Å². The molecular weight excluding hydrogens is 708 g/mol. The van der Waals surface area contributed by atoms with Crippen molar-refractivity contribution in [2.24, 2.45) is 17.1 Å². The minimum atomic E-state index is -1.59. The summed E-state index contributed by atoms with van der Waals surface area (Å²) in [7, 11) is 1.52. The predicted octanol–water partition coefficient (Wildman–Crippen LogP) is -0.347. The maximum atomic E-state index is 14.4. The number of ketones is 1. The first-order chi connectivity index (χ1) is 25.8. The van der Waals surface area contributed by atoms with Gasteiger partial charge in [-0.15, -0.1) is 0 Å². The molecule has 18 heteroatoms. The fraction of sp³-hybridized carbons (Fsp3) is 0.778. The molecule has 54 heavy (non-hydrogen) atoms. The number of ether oxygens (including phenoxy) is 3. The Morgan fingerprint density at radius 3 is 2.20 bits per heavy atom. The van der Waals surface area contributed by atoms with Gasteiger partial charge in [0.1, 0.15) is 30.3 Å². The second-order valence-corrected chi connectivity index (χ2v) is 14.3. The summed E-state index contributed by atoms with van der Waals surface area (Å²) in [5, 5.41) is 19.8. The van der Waals surface area contributed by atoms with E-state index in [1.165, 1.54) is 12.0 Å². The number of unbranched alkanes of at least 4 members (excludes halogenated alkanes) is 1. The highest BCUT2D eigenvalue weighted by Crippen LogP contribution is 2.46. The van der Waals surface area contributed by atoms with Crippen LogP contribution in [0.4, 0.5) is 0 Å². The number of nitrogens with zero attached hydrogens (tertiary/aromatic N) is 1. The highest BCUT2D eigenvalue weighted by Gasteiger charge is 2.58. The van der Waals surface area contributed by atoms with Crippen LogP contribution in [-0.2, 0) is 52.6 Å². The Hall–Kier alpha value is -4.16. The molecule has 0 bridgehead atoms. The summed E-state index contributed by atoms with van der Waals surface area (Å²) >= 11 is 0. The summed E-state index contributed by atoms with van der Waals surface area (Å²) in [4.78, 5) is 105. The molecule has 7 N–H and O–H groups in total. The van der Waals surface area contributed by atoms with Gasteiger partial charge in [0.05, 0.1) is 31.9 Å². The standard InChI is InChI=1S/C36H58N6O12/c1-4-6-13-25(30(37)45)39-27(43)19-38-32(47)29(44)24(10-5-2)40-31(46)26-18-23(54-21-53-17-16-52-3)20-42(26)33(48)28(22-11-8-7-9-12-22)41-34(49)36(14-15-36)35(50)51/h22-26,28H,4-21H2,1-3H3,(H2,37,45)(H,38,47)(H,39,43)(H,40,46)(H,41,49)(H,50,51)/t23-,24?,25?,26+,28?/m1/s1. The van der Waals surface area contributed by atoms with Crippen molar-refractivity contribution in [2.45, 2.75) is 128 Å². The second kappa shape index (κ2) is 21.7. The zero-order valence-electron chi connectivity index (χ0n) is 31.7. The van der Waals surface area contributed by atoms with E-state index in [0.717, 1.165) is 25.7 Å². The highest BCUT2D eigenvalue weighted by molar-refractivity contribution is 6.38. The van der Waals surface area contributed by atoms with Crippen LogP contribution in [0, 0.1) is 11.3 Å². The number of nitrogens with one attached hydrogen (secondary N) is 4. The molecule has 0 aromatic rings. The number of hydrogen-bond donors (Lipinski definition) is 6. The molecule has 3 unspecified atom stereocenters. The molecule has 2 saturated carbocycles. The van der Waals surface area contributed by atoms with Gasteiger partial charge in [0.2, 0.25) is 35.3 Å². The van der Waals surface area contributed by atoms with E-state index < -0.39 is 89.4 Å². The molecule has 3 aliphatic rings. The van der Waals surface area contributed by atoms with Crippen molar-refractivity contribution in [3.05, 3.63) is 0 Å². The average Bonchev–Trinajstić information content (AvgIpc) is 3.87. The van der Waals surface area contributed by atoms with Crippen LogP contribution in [0.5, 0.6) is 0 Å². The number of rotatable bonds is 24. The number of Topliss-reactive ketones (excluding diaryl/α,β-unsaturated/α-hetero) is 1. The first kappa shape index (κ1) is 44.2. The van der Waals surface area contributed by atoms with Gasteiger partial charge in [0.25, 0.3) is 5.91 Å². The zero-order valence-corrected chi connectivity index (χ0v) is 31.7. The van der Waals surface area contributed by atoms with E-state index in [2.05, 4.69) is 21.3 Å². The minimum Gasteiger partial charge on any atom is -0.480 e. The van der Waals surface area contributed by atoms with Crippen molar-refractivity contribution < 1.29 is 57.7 Å². The number of amides is 6. The minimum absolute atomic E-state index is 0.00801. The van der Waals surface area contributed by atoms with Gasteiger partial charge in [-0.1, -0.05) is 52.4 Å². The molecule has 1 aliphatic heterocycles. The summed E-state index contributed by atoms with van der Waals surface area (Å²) in [6.45, 7) is 3.40. The van der Waals surface area contributed by atoms with Crippen molar-refractivity contribution >= 4 is 47.2 Å². The number of nitrogens with two attached hydrogens (primary N) is 1. The molecule has 5 atom stereocenters. The first-order valence-electron chi connectivity index (χ1n) is 19.0. The van der Waals surface area contributed by atoms with E-state index in [-0.39, 0.29) is 51.5 Å². The van der Waals surface area contributed by atoms with E-state index in [0.29, 0.717) is 38.7 Å². The predicted molar refractivity (Wildman–Crippen MR) is 191 cm³/mol. The van der Waals surface area contributed by atoms with E-state index in [9.17, 15) is 43.5 Å².